The summed E-state index contributed by atoms with van der Waals surface area (Å²) in [5.41, 5.74) is 7.24. The number of ether oxygens (including phenoxy) is 1. The van der Waals surface area contributed by atoms with Crippen LogP contribution in [0.4, 0.5) is 0 Å². The number of thiophene rings is 1. The van der Waals surface area contributed by atoms with Crippen LogP contribution in [0.1, 0.15) is 31.4 Å². The van der Waals surface area contributed by atoms with E-state index < -0.39 is 0 Å². The summed E-state index contributed by atoms with van der Waals surface area (Å²) in [6.07, 6.45) is 2.32. The molecule has 1 aromatic heterocycles. The van der Waals surface area contributed by atoms with Crippen molar-refractivity contribution in [2.24, 2.45) is 5.73 Å². The molecule has 2 N–H and O–H groups in total. The van der Waals surface area contributed by atoms with Crippen molar-refractivity contribution >= 4 is 11.3 Å². The van der Waals surface area contributed by atoms with Crippen LogP contribution < -0.4 is 5.73 Å². The minimum absolute atomic E-state index is 0.170. The average Bonchev–Trinajstić information content (AvgIpc) is 2.66. The molecule has 2 atom stereocenters. The van der Waals surface area contributed by atoms with Gasteiger partial charge >= 0.3 is 0 Å². The van der Waals surface area contributed by atoms with E-state index in [-0.39, 0.29) is 6.04 Å². The number of methoxy groups -OCH3 is 1. The van der Waals surface area contributed by atoms with Gasteiger partial charge in [0.15, 0.2) is 0 Å². The molecule has 0 amide bonds. The summed E-state index contributed by atoms with van der Waals surface area (Å²) < 4.78 is 5.16. The fourth-order valence-electron chi connectivity index (χ4n) is 1.18. The summed E-state index contributed by atoms with van der Waals surface area (Å²) in [6, 6.07) is 2.26. The lowest BCUT2D eigenvalue weighted by molar-refractivity contribution is 0.107. The van der Waals surface area contributed by atoms with E-state index >= 15 is 0 Å². The molecule has 0 aliphatic carbocycles. The van der Waals surface area contributed by atoms with Crippen LogP contribution in [0.15, 0.2) is 16.8 Å². The highest BCUT2D eigenvalue weighted by molar-refractivity contribution is 7.07. The van der Waals surface area contributed by atoms with Crippen molar-refractivity contribution in [3.05, 3.63) is 22.4 Å². The Balaban J connectivity index is 2.30. The number of hydrogen-bond acceptors (Lipinski definition) is 3. The molecule has 2 unspecified atom stereocenters. The molecule has 0 aromatic carbocycles. The highest BCUT2D eigenvalue weighted by atomic mass is 32.1. The topological polar surface area (TPSA) is 35.2 Å². The molecule has 0 radical (unpaired) electrons. The van der Waals surface area contributed by atoms with Gasteiger partial charge in [0.2, 0.25) is 0 Å². The van der Waals surface area contributed by atoms with E-state index in [1.165, 1.54) is 5.56 Å². The Bertz CT molecular complexity index is 223. The molecular weight excluding hydrogens is 182 g/mol. The second kappa shape index (κ2) is 5.37. The van der Waals surface area contributed by atoms with Gasteiger partial charge in [-0.05, 0) is 42.2 Å². The number of hydrogen-bond donors (Lipinski definition) is 1. The third-order valence-corrected chi connectivity index (χ3v) is 2.96. The van der Waals surface area contributed by atoms with Crippen LogP contribution in [0.3, 0.4) is 0 Å². The second-order valence-corrected chi connectivity index (χ2v) is 4.07. The van der Waals surface area contributed by atoms with Gasteiger partial charge in [-0.1, -0.05) is 0 Å². The summed E-state index contributed by atoms with van der Waals surface area (Å²) in [6.45, 7) is 2.07. The first kappa shape index (κ1) is 10.7. The highest BCUT2D eigenvalue weighted by Gasteiger charge is 2.08. The van der Waals surface area contributed by atoms with Crippen molar-refractivity contribution in [3.8, 4) is 0 Å². The minimum Gasteiger partial charge on any atom is -0.382 e. The Morgan fingerprint density at radius 2 is 2.31 bits per heavy atom. The molecule has 0 bridgehead atoms. The molecular formula is C10H17NOS. The van der Waals surface area contributed by atoms with E-state index in [1.807, 2.05) is 0 Å². The van der Waals surface area contributed by atoms with Crippen LogP contribution in [0, 0.1) is 0 Å². The van der Waals surface area contributed by atoms with Gasteiger partial charge in [0, 0.05) is 13.2 Å². The van der Waals surface area contributed by atoms with Crippen molar-refractivity contribution in [1.29, 1.82) is 0 Å². The zero-order chi connectivity index (χ0) is 9.68. The van der Waals surface area contributed by atoms with Crippen LogP contribution in [0.2, 0.25) is 0 Å². The Kier molecular flexibility index (Phi) is 4.42. The first-order chi connectivity index (χ1) is 6.24. The van der Waals surface area contributed by atoms with E-state index in [1.54, 1.807) is 18.4 Å². The number of nitrogens with two attached hydrogens (primary N) is 1. The van der Waals surface area contributed by atoms with Gasteiger partial charge in [0.05, 0.1) is 6.10 Å². The van der Waals surface area contributed by atoms with Crippen molar-refractivity contribution in [1.82, 2.24) is 0 Å². The maximum Gasteiger partial charge on any atom is 0.0543 e. The van der Waals surface area contributed by atoms with E-state index in [9.17, 15) is 0 Å². The Morgan fingerprint density at radius 1 is 1.54 bits per heavy atom. The molecule has 13 heavy (non-hydrogen) atoms. The SMILES string of the molecule is COC(C)CCC(N)c1ccsc1. The van der Waals surface area contributed by atoms with Gasteiger partial charge in [-0.25, -0.2) is 0 Å². The minimum atomic E-state index is 0.170. The van der Waals surface area contributed by atoms with Gasteiger partial charge in [0.25, 0.3) is 0 Å². The monoisotopic (exact) mass is 199 g/mol. The molecule has 0 spiro atoms. The van der Waals surface area contributed by atoms with E-state index in [0.29, 0.717) is 6.10 Å². The smallest absolute Gasteiger partial charge is 0.0543 e. The van der Waals surface area contributed by atoms with Crippen LogP contribution in [0.25, 0.3) is 0 Å². The van der Waals surface area contributed by atoms with Crippen LogP contribution in [-0.2, 0) is 4.74 Å². The molecule has 74 valence electrons. The lowest BCUT2D eigenvalue weighted by Gasteiger charge is -2.13. The van der Waals surface area contributed by atoms with Crippen LogP contribution in [0.5, 0.6) is 0 Å². The normalized spacial score (nSPS) is 15.6. The largest absolute Gasteiger partial charge is 0.382 e. The molecule has 0 aliphatic rings. The number of rotatable bonds is 5. The van der Waals surface area contributed by atoms with Crippen molar-refractivity contribution in [2.45, 2.75) is 31.9 Å². The summed E-state index contributed by atoms with van der Waals surface area (Å²) in [7, 11) is 1.74. The molecule has 3 heteroatoms. The summed E-state index contributed by atoms with van der Waals surface area (Å²) in [4.78, 5) is 0. The Labute approximate surface area is 83.7 Å². The molecule has 2 nitrogen and oxygen atoms in total. The lowest BCUT2D eigenvalue weighted by Crippen LogP contribution is -2.13. The quantitative estimate of drug-likeness (QED) is 0.791. The molecule has 1 aromatic rings. The zero-order valence-corrected chi connectivity index (χ0v) is 9.01. The standard InChI is InChI=1S/C10H17NOS/c1-8(12-2)3-4-10(11)9-5-6-13-7-9/h5-8,10H,3-4,11H2,1-2H3. The first-order valence-electron chi connectivity index (χ1n) is 4.54. The third-order valence-electron chi connectivity index (χ3n) is 2.26. The van der Waals surface area contributed by atoms with Crippen molar-refractivity contribution < 1.29 is 4.74 Å². The van der Waals surface area contributed by atoms with E-state index in [0.717, 1.165) is 12.8 Å². The van der Waals surface area contributed by atoms with E-state index in [4.69, 9.17) is 10.5 Å². The van der Waals surface area contributed by atoms with E-state index in [2.05, 4.69) is 23.8 Å². The molecule has 1 heterocycles. The summed E-state index contributed by atoms with van der Waals surface area (Å²) >= 11 is 1.70. The summed E-state index contributed by atoms with van der Waals surface area (Å²) in [5, 5.41) is 4.18. The van der Waals surface area contributed by atoms with Crippen molar-refractivity contribution in [3.63, 3.8) is 0 Å². The van der Waals surface area contributed by atoms with Gasteiger partial charge in [-0.3, -0.25) is 0 Å². The third kappa shape index (κ3) is 3.46. The molecule has 0 fully saturated rings. The Morgan fingerprint density at radius 3 is 2.85 bits per heavy atom. The predicted octanol–water partition coefficient (Wildman–Crippen LogP) is 2.56. The van der Waals surface area contributed by atoms with Gasteiger partial charge in [-0.15, -0.1) is 0 Å². The molecule has 0 saturated heterocycles. The molecule has 0 aliphatic heterocycles. The highest BCUT2D eigenvalue weighted by Crippen LogP contribution is 2.19. The Hall–Kier alpha value is -0.380. The maximum atomic E-state index is 5.99. The molecule has 0 saturated carbocycles. The van der Waals surface area contributed by atoms with Gasteiger partial charge in [0.1, 0.15) is 0 Å². The fourth-order valence-corrected chi connectivity index (χ4v) is 1.91. The molecule has 1 rings (SSSR count). The van der Waals surface area contributed by atoms with Gasteiger partial charge < -0.3 is 10.5 Å². The predicted molar refractivity (Wildman–Crippen MR) is 57.0 cm³/mol. The first-order valence-corrected chi connectivity index (χ1v) is 5.48. The zero-order valence-electron chi connectivity index (χ0n) is 8.19. The lowest BCUT2D eigenvalue weighted by atomic mass is 10.0. The van der Waals surface area contributed by atoms with Crippen molar-refractivity contribution in [2.75, 3.05) is 7.11 Å². The van der Waals surface area contributed by atoms with Crippen LogP contribution >= 0.6 is 11.3 Å². The second-order valence-electron chi connectivity index (χ2n) is 3.29. The fraction of sp³-hybridized carbons (Fsp3) is 0.600. The average molecular weight is 199 g/mol. The summed E-state index contributed by atoms with van der Waals surface area (Å²) in [5.74, 6) is 0. The van der Waals surface area contributed by atoms with Crippen LogP contribution in [-0.4, -0.2) is 13.2 Å². The van der Waals surface area contributed by atoms with Gasteiger partial charge in [-0.2, -0.15) is 11.3 Å². The maximum absolute atomic E-state index is 5.99.